The third-order valence-corrected chi connectivity index (χ3v) is 2.75. The van der Waals surface area contributed by atoms with E-state index in [0.29, 0.717) is 0 Å². The molecule has 4 nitrogen and oxygen atoms in total. The lowest BCUT2D eigenvalue weighted by atomic mass is 9.94. The molecule has 96 valence electrons. The lowest BCUT2D eigenvalue weighted by Crippen LogP contribution is -3.00. The number of imide groups is 1. The van der Waals surface area contributed by atoms with E-state index in [9.17, 15) is 9.59 Å². The van der Waals surface area contributed by atoms with Gasteiger partial charge in [-0.1, -0.05) is 26.2 Å². The quantitative estimate of drug-likeness (QED) is 0.393. The molecule has 1 rings (SSSR count). The summed E-state index contributed by atoms with van der Waals surface area (Å²) in [5, 5.41) is 3.83. The average molecular weight is 315 g/mol. The van der Waals surface area contributed by atoms with Gasteiger partial charge in [0.1, 0.15) is 0 Å². The van der Waals surface area contributed by atoms with Gasteiger partial charge in [-0.25, -0.2) is 10.1 Å². The second kappa shape index (κ2) is 8.03. The van der Waals surface area contributed by atoms with Gasteiger partial charge in [0.25, 0.3) is 5.91 Å². The zero-order valence-corrected chi connectivity index (χ0v) is 12.0. The van der Waals surface area contributed by atoms with E-state index in [-0.39, 0.29) is 41.3 Å². The summed E-state index contributed by atoms with van der Waals surface area (Å²) in [5.74, 6) is -0.140. The van der Waals surface area contributed by atoms with Crippen LogP contribution >= 0.6 is 0 Å². The second-order valence-electron chi connectivity index (χ2n) is 4.19. The molecule has 16 heavy (non-hydrogen) atoms. The summed E-state index contributed by atoms with van der Waals surface area (Å²) in [6, 6.07) is -0.243. The Balaban J connectivity index is 0. The summed E-state index contributed by atoms with van der Waals surface area (Å²) < 4.78 is 0. The minimum atomic E-state index is -0.551. The fourth-order valence-corrected chi connectivity index (χ4v) is 1.75. The Labute approximate surface area is 113 Å². The van der Waals surface area contributed by atoms with E-state index in [2.05, 4.69) is 12.2 Å². The van der Waals surface area contributed by atoms with Gasteiger partial charge >= 0.3 is 6.03 Å². The van der Waals surface area contributed by atoms with Crippen LogP contribution in [0.15, 0.2) is 0 Å². The van der Waals surface area contributed by atoms with Crippen molar-refractivity contribution in [1.29, 1.82) is 0 Å². The summed E-state index contributed by atoms with van der Waals surface area (Å²) in [7, 11) is 0. The molecular weight excluding hydrogens is 295 g/mol. The first-order chi connectivity index (χ1) is 6.58. The molecule has 0 bridgehead atoms. The van der Waals surface area contributed by atoms with Crippen molar-refractivity contribution in [3.63, 3.8) is 0 Å². The second-order valence-corrected chi connectivity index (χ2v) is 4.19. The summed E-state index contributed by atoms with van der Waals surface area (Å²) in [6.07, 6.45) is 5.32. The van der Waals surface area contributed by atoms with Gasteiger partial charge in [-0.15, -0.1) is 0 Å². The number of carbonyl (C=O) groups is 2. The van der Waals surface area contributed by atoms with Crippen LogP contribution in [0.25, 0.3) is 0 Å². The summed E-state index contributed by atoms with van der Waals surface area (Å²) in [6.45, 7) is 3.98. The molecule has 1 heterocycles. The molecule has 1 fully saturated rings. The van der Waals surface area contributed by atoms with Crippen molar-refractivity contribution in [2.45, 2.75) is 51.5 Å². The number of nitrogens with one attached hydrogen (secondary N) is 1. The van der Waals surface area contributed by atoms with Crippen LogP contribution in [0.1, 0.15) is 46.0 Å². The Bertz CT molecular complexity index is 251. The van der Waals surface area contributed by atoms with E-state index in [1.807, 2.05) is 6.92 Å². The molecule has 0 aromatic rings. The van der Waals surface area contributed by atoms with Crippen LogP contribution in [0.2, 0.25) is 0 Å². The van der Waals surface area contributed by atoms with Gasteiger partial charge in [-0.3, -0.25) is 10.1 Å². The van der Waals surface area contributed by atoms with E-state index in [1.54, 1.807) is 0 Å². The first kappa shape index (κ1) is 18.2. The highest BCUT2D eigenvalue weighted by molar-refractivity contribution is 5.99. The van der Waals surface area contributed by atoms with Gasteiger partial charge in [-0.05, 0) is 6.42 Å². The fraction of sp³-hybridized carbons (Fsp3) is 0.800. The van der Waals surface area contributed by atoms with E-state index in [1.165, 1.54) is 18.2 Å². The standard InChI is InChI=1S/C10H18N2O2.BrH.ClH/c1-3-4-5-6-7-10(2)8(13)11-9(14)12-10;;/h3-7H2,1-2H3,(H2,11,12,13,14);2*1H/p-1. The first-order valence-corrected chi connectivity index (χ1v) is 5.30. The first-order valence-electron chi connectivity index (χ1n) is 5.30. The van der Waals surface area contributed by atoms with Gasteiger partial charge in [-0.2, -0.15) is 0 Å². The predicted molar refractivity (Wildman–Crippen MR) is 52.6 cm³/mol. The molecule has 1 atom stereocenters. The predicted octanol–water partition coefficient (Wildman–Crippen LogP) is -5.46. The maximum Gasteiger partial charge on any atom is 0.420 e. The Morgan fingerprint density at radius 3 is 2.31 bits per heavy atom. The molecule has 1 aliphatic rings. The number of unbranched alkanes of at least 4 members (excludes halogenated alkanes) is 3. The number of carbonyl (C=O) groups excluding carboxylic acids is 2. The topological polar surface area (TPSA) is 62.8 Å². The smallest absolute Gasteiger partial charge is 0.420 e. The molecule has 0 aromatic heterocycles. The number of amides is 3. The van der Waals surface area contributed by atoms with Gasteiger partial charge < -0.3 is 29.4 Å². The molecule has 1 saturated heterocycles. The van der Waals surface area contributed by atoms with Crippen LogP contribution in [0.5, 0.6) is 0 Å². The van der Waals surface area contributed by atoms with Crippen molar-refractivity contribution in [1.82, 2.24) is 5.32 Å². The van der Waals surface area contributed by atoms with Crippen LogP contribution in [0, 0.1) is 0 Å². The third kappa shape index (κ3) is 4.80. The van der Waals surface area contributed by atoms with Crippen molar-refractivity contribution in [2.24, 2.45) is 0 Å². The number of hydrogen-bond acceptors (Lipinski definition) is 2. The molecule has 0 radical (unpaired) electrons. The van der Waals surface area contributed by atoms with Gasteiger partial charge in [0.15, 0.2) is 5.54 Å². The normalized spacial score (nSPS) is 23.4. The average Bonchev–Trinajstić information content (AvgIpc) is 2.36. The molecule has 0 spiro atoms. The fourth-order valence-electron chi connectivity index (χ4n) is 1.75. The molecular formula is C10H19BrClN2O2-. The van der Waals surface area contributed by atoms with Gasteiger partial charge in [0.2, 0.25) is 0 Å². The van der Waals surface area contributed by atoms with Crippen LogP contribution in [-0.2, 0) is 4.79 Å². The van der Waals surface area contributed by atoms with Crippen molar-refractivity contribution in [3.05, 3.63) is 0 Å². The van der Waals surface area contributed by atoms with E-state index in [4.69, 9.17) is 0 Å². The summed E-state index contributed by atoms with van der Waals surface area (Å²) in [5.41, 5.74) is -0.551. The highest BCUT2D eigenvalue weighted by Gasteiger charge is 2.46. The van der Waals surface area contributed by atoms with E-state index >= 15 is 0 Å². The SMILES string of the molecule is CCCCCCC1(C)[NH2+]C(=O)NC1=O.[Br-].[Cl-]. The number of urea groups is 1. The van der Waals surface area contributed by atoms with Crippen LogP contribution in [0.3, 0.4) is 0 Å². The minimum Gasteiger partial charge on any atom is -1.00 e. The molecule has 0 saturated carbocycles. The Morgan fingerprint density at radius 2 is 1.88 bits per heavy atom. The maximum absolute atomic E-state index is 11.4. The number of primary amides is 1. The van der Waals surface area contributed by atoms with Gasteiger partial charge in [0.05, 0.1) is 0 Å². The lowest BCUT2D eigenvalue weighted by molar-refractivity contribution is -0.609. The summed E-state index contributed by atoms with van der Waals surface area (Å²) >= 11 is 0. The Morgan fingerprint density at radius 1 is 1.25 bits per heavy atom. The summed E-state index contributed by atoms with van der Waals surface area (Å²) in [4.78, 5) is 22.4. The molecule has 3 N–H and O–H groups in total. The molecule has 6 heteroatoms. The Kier molecular flexibility index (Phi) is 9.16. The Hall–Kier alpha value is -0.130. The zero-order valence-electron chi connectivity index (χ0n) is 9.69. The van der Waals surface area contributed by atoms with Crippen LogP contribution in [0.4, 0.5) is 4.79 Å². The molecule has 0 aliphatic carbocycles. The molecule has 1 aliphatic heterocycles. The zero-order chi connectivity index (χ0) is 10.6. The van der Waals surface area contributed by atoms with E-state index in [0.717, 1.165) is 19.3 Å². The third-order valence-electron chi connectivity index (χ3n) is 2.75. The van der Waals surface area contributed by atoms with Crippen molar-refractivity contribution < 1.29 is 44.3 Å². The van der Waals surface area contributed by atoms with Crippen LogP contribution in [-0.4, -0.2) is 17.5 Å². The highest BCUT2D eigenvalue weighted by Crippen LogP contribution is 2.13. The lowest BCUT2D eigenvalue weighted by Gasteiger charge is -2.15. The monoisotopic (exact) mass is 313 g/mol. The number of hydrogen-bond donors (Lipinski definition) is 2. The number of quaternary nitrogens is 1. The maximum atomic E-state index is 11.4. The van der Waals surface area contributed by atoms with Crippen molar-refractivity contribution in [2.75, 3.05) is 0 Å². The van der Waals surface area contributed by atoms with Crippen molar-refractivity contribution in [3.8, 4) is 0 Å². The highest BCUT2D eigenvalue weighted by atomic mass is 79.9. The van der Waals surface area contributed by atoms with E-state index < -0.39 is 5.54 Å². The molecule has 1 unspecified atom stereocenters. The largest absolute Gasteiger partial charge is 1.00 e. The van der Waals surface area contributed by atoms with Crippen LogP contribution < -0.4 is 40.0 Å². The number of nitrogens with two attached hydrogens (primary N) is 1. The van der Waals surface area contributed by atoms with Gasteiger partial charge in [0, 0.05) is 13.3 Å². The molecule has 3 amide bonds. The van der Waals surface area contributed by atoms with Crippen molar-refractivity contribution >= 4 is 11.9 Å². The number of rotatable bonds is 5. The molecule has 0 aromatic carbocycles. The minimum absolute atomic E-state index is 0. The number of halogens is 2.